The molecule has 0 radical (unpaired) electrons. The number of ether oxygens (including phenoxy) is 1. The zero-order valence-electron chi connectivity index (χ0n) is 14.4. The number of nitrogens with one attached hydrogen (secondary N) is 1. The van der Waals surface area contributed by atoms with Gasteiger partial charge in [0, 0.05) is 24.0 Å². The van der Waals surface area contributed by atoms with Crippen LogP contribution in [0.1, 0.15) is 28.9 Å². The Hall–Kier alpha value is -3.28. The van der Waals surface area contributed by atoms with Gasteiger partial charge >= 0.3 is 0 Å². The number of hydrogen-bond acceptors (Lipinski definition) is 4. The maximum absolute atomic E-state index is 13.2. The number of methoxy groups -OCH3 is 1. The van der Waals surface area contributed by atoms with Crippen molar-refractivity contribution in [3.05, 3.63) is 78.0 Å². The molecular formula is C20H18FN3O2. The van der Waals surface area contributed by atoms with E-state index in [1.165, 1.54) is 18.5 Å². The third-order valence-electron chi connectivity index (χ3n) is 3.99. The number of rotatable bonds is 5. The summed E-state index contributed by atoms with van der Waals surface area (Å²) < 4.78 is 18.4. The first kappa shape index (κ1) is 17.5. The molecule has 2 heterocycles. The van der Waals surface area contributed by atoms with Crippen molar-refractivity contribution >= 4 is 5.91 Å². The fourth-order valence-electron chi connectivity index (χ4n) is 2.53. The zero-order chi connectivity index (χ0) is 18.5. The maximum atomic E-state index is 13.2. The Bertz CT molecular complexity index is 913. The van der Waals surface area contributed by atoms with E-state index in [-0.39, 0.29) is 11.9 Å². The number of halogens is 1. The number of carbonyl (C=O) groups excluding carboxylic acids is 1. The Kier molecular flexibility index (Phi) is 5.22. The highest BCUT2D eigenvalue weighted by molar-refractivity contribution is 5.94. The second-order valence-electron chi connectivity index (χ2n) is 5.77. The molecule has 2 aromatic heterocycles. The summed E-state index contributed by atoms with van der Waals surface area (Å²) in [6.45, 7) is 1.90. The number of carbonyl (C=O) groups is 1. The lowest BCUT2D eigenvalue weighted by Gasteiger charge is -2.15. The number of nitrogens with zero attached hydrogens (tertiary/aromatic N) is 2. The van der Waals surface area contributed by atoms with Crippen LogP contribution in [0.25, 0.3) is 11.3 Å². The van der Waals surface area contributed by atoms with Gasteiger partial charge in [0.2, 0.25) is 5.95 Å². The van der Waals surface area contributed by atoms with Gasteiger partial charge in [0.1, 0.15) is 5.75 Å². The van der Waals surface area contributed by atoms with E-state index in [9.17, 15) is 9.18 Å². The van der Waals surface area contributed by atoms with Gasteiger partial charge in [-0.2, -0.15) is 4.39 Å². The fraction of sp³-hybridized carbons (Fsp3) is 0.150. The van der Waals surface area contributed by atoms with Crippen molar-refractivity contribution in [3.8, 4) is 17.0 Å². The van der Waals surface area contributed by atoms with Crippen LogP contribution in [0.3, 0.4) is 0 Å². The average molecular weight is 351 g/mol. The molecule has 0 spiro atoms. The van der Waals surface area contributed by atoms with Crippen LogP contribution >= 0.6 is 0 Å². The minimum Gasteiger partial charge on any atom is -0.497 e. The molecule has 132 valence electrons. The minimum atomic E-state index is -0.571. The molecule has 1 N–H and O–H groups in total. The first-order chi connectivity index (χ1) is 12.6. The molecule has 0 fully saturated rings. The summed E-state index contributed by atoms with van der Waals surface area (Å²) in [5.41, 5.74) is 2.55. The molecule has 1 atom stereocenters. The Labute approximate surface area is 150 Å². The Balaban J connectivity index is 1.71. The topological polar surface area (TPSA) is 64.1 Å². The molecule has 1 aromatic carbocycles. The third-order valence-corrected chi connectivity index (χ3v) is 3.99. The Morgan fingerprint density at radius 1 is 1.15 bits per heavy atom. The standard InChI is InChI=1S/C20H18FN3O2/c1-13(14-4-3-5-17(10-14)26-2)24-20(25)16-6-7-18(23-12-16)15-8-9-22-19(21)11-15/h3-13H,1-2H3,(H,24,25)/t13-/m1/s1. The van der Waals surface area contributed by atoms with Gasteiger partial charge in [0.05, 0.1) is 24.4 Å². The molecule has 0 aliphatic carbocycles. The van der Waals surface area contributed by atoms with Crippen molar-refractivity contribution in [2.45, 2.75) is 13.0 Å². The quantitative estimate of drug-likeness (QED) is 0.711. The number of amides is 1. The van der Waals surface area contributed by atoms with Crippen molar-refractivity contribution in [2.24, 2.45) is 0 Å². The van der Waals surface area contributed by atoms with Gasteiger partial charge in [-0.25, -0.2) is 4.98 Å². The lowest BCUT2D eigenvalue weighted by atomic mass is 10.1. The monoisotopic (exact) mass is 351 g/mol. The summed E-state index contributed by atoms with van der Waals surface area (Å²) in [5, 5.41) is 2.93. The van der Waals surface area contributed by atoms with E-state index in [0.29, 0.717) is 16.8 Å². The van der Waals surface area contributed by atoms with Crippen LogP contribution in [-0.4, -0.2) is 23.0 Å². The molecule has 0 saturated carbocycles. The smallest absolute Gasteiger partial charge is 0.253 e. The van der Waals surface area contributed by atoms with Crippen LogP contribution < -0.4 is 10.1 Å². The van der Waals surface area contributed by atoms with E-state index in [1.54, 1.807) is 25.3 Å². The molecule has 1 amide bonds. The molecule has 0 aliphatic rings. The zero-order valence-corrected chi connectivity index (χ0v) is 14.4. The van der Waals surface area contributed by atoms with Gasteiger partial charge < -0.3 is 10.1 Å². The molecule has 3 rings (SSSR count). The summed E-state index contributed by atoms with van der Waals surface area (Å²) in [6, 6.07) is 13.6. The lowest BCUT2D eigenvalue weighted by molar-refractivity contribution is 0.0939. The summed E-state index contributed by atoms with van der Waals surface area (Å²) in [6.07, 6.45) is 2.85. The normalized spacial score (nSPS) is 11.7. The van der Waals surface area contributed by atoms with Crippen LogP contribution in [0.4, 0.5) is 4.39 Å². The van der Waals surface area contributed by atoms with E-state index >= 15 is 0 Å². The van der Waals surface area contributed by atoms with E-state index in [4.69, 9.17) is 4.74 Å². The van der Waals surface area contributed by atoms with Crippen molar-refractivity contribution in [1.82, 2.24) is 15.3 Å². The van der Waals surface area contributed by atoms with Crippen LogP contribution in [0.5, 0.6) is 5.75 Å². The first-order valence-electron chi connectivity index (χ1n) is 8.09. The largest absolute Gasteiger partial charge is 0.497 e. The van der Waals surface area contributed by atoms with Crippen LogP contribution in [0.15, 0.2) is 60.9 Å². The van der Waals surface area contributed by atoms with Crippen molar-refractivity contribution < 1.29 is 13.9 Å². The Morgan fingerprint density at radius 2 is 2.00 bits per heavy atom. The van der Waals surface area contributed by atoms with Crippen LogP contribution in [-0.2, 0) is 0 Å². The second kappa shape index (κ2) is 7.74. The van der Waals surface area contributed by atoms with Gasteiger partial charge in [0.25, 0.3) is 5.91 Å². The molecule has 0 unspecified atom stereocenters. The minimum absolute atomic E-state index is 0.188. The van der Waals surface area contributed by atoms with E-state index in [2.05, 4.69) is 15.3 Å². The lowest BCUT2D eigenvalue weighted by Crippen LogP contribution is -2.26. The predicted molar refractivity (Wildman–Crippen MR) is 96.3 cm³/mol. The first-order valence-corrected chi connectivity index (χ1v) is 8.09. The summed E-state index contributed by atoms with van der Waals surface area (Å²) in [7, 11) is 1.60. The molecular weight excluding hydrogens is 333 g/mol. The predicted octanol–water partition coefficient (Wildman–Crippen LogP) is 3.78. The third kappa shape index (κ3) is 4.03. The molecule has 0 bridgehead atoms. The second-order valence-corrected chi connectivity index (χ2v) is 5.77. The van der Waals surface area contributed by atoms with Crippen LogP contribution in [0.2, 0.25) is 0 Å². The molecule has 5 nitrogen and oxygen atoms in total. The van der Waals surface area contributed by atoms with Crippen molar-refractivity contribution in [3.63, 3.8) is 0 Å². The highest BCUT2D eigenvalue weighted by Gasteiger charge is 2.13. The van der Waals surface area contributed by atoms with Gasteiger partial charge in [0.15, 0.2) is 0 Å². The van der Waals surface area contributed by atoms with E-state index in [0.717, 1.165) is 11.3 Å². The van der Waals surface area contributed by atoms with Crippen molar-refractivity contribution in [1.29, 1.82) is 0 Å². The molecule has 26 heavy (non-hydrogen) atoms. The highest BCUT2D eigenvalue weighted by atomic mass is 19.1. The Morgan fingerprint density at radius 3 is 2.69 bits per heavy atom. The number of pyridine rings is 2. The number of aromatic nitrogens is 2. The van der Waals surface area contributed by atoms with E-state index < -0.39 is 5.95 Å². The summed E-state index contributed by atoms with van der Waals surface area (Å²) in [4.78, 5) is 20.2. The van der Waals surface area contributed by atoms with Gasteiger partial charge in [-0.3, -0.25) is 9.78 Å². The van der Waals surface area contributed by atoms with Gasteiger partial charge in [-0.15, -0.1) is 0 Å². The number of hydrogen-bond donors (Lipinski definition) is 1. The molecule has 0 saturated heterocycles. The maximum Gasteiger partial charge on any atom is 0.253 e. The van der Waals surface area contributed by atoms with E-state index in [1.807, 2.05) is 31.2 Å². The number of benzene rings is 1. The molecule has 0 aliphatic heterocycles. The van der Waals surface area contributed by atoms with Gasteiger partial charge in [-0.05, 0) is 42.8 Å². The SMILES string of the molecule is COc1cccc([C@@H](C)NC(=O)c2ccc(-c3ccnc(F)c3)nc2)c1. The summed E-state index contributed by atoms with van der Waals surface area (Å²) >= 11 is 0. The average Bonchev–Trinajstić information content (AvgIpc) is 2.68. The molecule has 3 aromatic rings. The van der Waals surface area contributed by atoms with Crippen LogP contribution in [0, 0.1) is 5.95 Å². The molecule has 6 heteroatoms. The van der Waals surface area contributed by atoms with Gasteiger partial charge in [-0.1, -0.05) is 12.1 Å². The summed E-state index contributed by atoms with van der Waals surface area (Å²) in [5.74, 6) is -0.0716. The highest BCUT2D eigenvalue weighted by Crippen LogP contribution is 2.20. The fourth-order valence-corrected chi connectivity index (χ4v) is 2.53. The van der Waals surface area contributed by atoms with Crippen molar-refractivity contribution in [2.75, 3.05) is 7.11 Å².